The van der Waals surface area contributed by atoms with Crippen LogP contribution in [0.5, 0.6) is 0 Å². The molecule has 4 heterocycles. The van der Waals surface area contributed by atoms with Crippen molar-refractivity contribution in [3.05, 3.63) is 34.4 Å². The van der Waals surface area contributed by atoms with Crippen molar-refractivity contribution in [3.8, 4) is 0 Å². The fourth-order valence-corrected chi connectivity index (χ4v) is 4.16. The van der Waals surface area contributed by atoms with E-state index in [0.29, 0.717) is 5.92 Å². The minimum Gasteiger partial charge on any atom is -0.348 e. The molecule has 1 aliphatic rings. The number of nitrogens with zero attached hydrogens (tertiary/aromatic N) is 7. The lowest BCUT2D eigenvalue weighted by Crippen LogP contribution is -2.25. The first kappa shape index (κ1) is 17.3. The Bertz CT molecular complexity index is 943. The Morgan fingerprint density at radius 1 is 1.19 bits per heavy atom. The molecule has 1 saturated heterocycles. The van der Waals surface area contributed by atoms with Gasteiger partial charge in [0.05, 0.1) is 11.7 Å². The van der Waals surface area contributed by atoms with Crippen LogP contribution in [0.25, 0.3) is 5.65 Å². The highest BCUT2D eigenvalue weighted by Crippen LogP contribution is 2.40. The van der Waals surface area contributed by atoms with Crippen molar-refractivity contribution in [2.75, 3.05) is 11.4 Å². The fraction of sp³-hybridized carbons (Fsp3) is 0.556. The third-order valence-corrected chi connectivity index (χ3v) is 5.33. The molecule has 3 aromatic heterocycles. The molecular formula is C18H24ClN7. The molecule has 26 heavy (non-hydrogen) atoms. The van der Waals surface area contributed by atoms with Gasteiger partial charge in [-0.15, -0.1) is 15.3 Å². The predicted octanol–water partition coefficient (Wildman–Crippen LogP) is 3.59. The van der Waals surface area contributed by atoms with E-state index >= 15 is 0 Å². The van der Waals surface area contributed by atoms with Crippen molar-refractivity contribution < 1.29 is 0 Å². The molecule has 0 saturated carbocycles. The first-order valence-corrected chi connectivity index (χ1v) is 9.52. The van der Waals surface area contributed by atoms with E-state index in [1.807, 2.05) is 23.7 Å². The summed E-state index contributed by atoms with van der Waals surface area (Å²) in [7, 11) is 0. The van der Waals surface area contributed by atoms with Gasteiger partial charge in [-0.2, -0.15) is 9.61 Å². The minimum atomic E-state index is 0.199. The van der Waals surface area contributed by atoms with E-state index in [9.17, 15) is 0 Å². The second-order valence-electron chi connectivity index (χ2n) is 7.43. The summed E-state index contributed by atoms with van der Waals surface area (Å²) in [5.41, 5.74) is 2.90. The molecule has 7 nitrogen and oxygen atoms in total. The summed E-state index contributed by atoms with van der Waals surface area (Å²) < 4.78 is 3.73. The summed E-state index contributed by atoms with van der Waals surface area (Å²) in [5, 5.41) is 18.4. The van der Waals surface area contributed by atoms with Crippen LogP contribution in [0.4, 0.5) is 5.82 Å². The van der Waals surface area contributed by atoms with Gasteiger partial charge in [-0.05, 0) is 44.7 Å². The molecule has 1 fully saturated rings. The average molecular weight is 374 g/mol. The van der Waals surface area contributed by atoms with Gasteiger partial charge < -0.3 is 4.90 Å². The first-order chi connectivity index (χ1) is 12.5. The van der Waals surface area contributed by atoms with Crippen molar-refractivity contribution in [1.82, 2.24) is 29.6 Å². The Kier molecular flexibility index (Phi) is 4.34. The fourth-order valence-electron chi connectivity index (χ4n) is 3.79. The largest absolute Gasteiger partial charge is 0.348 e. The van der Waals surface area contributed by atoms with Crippen LogP contribution in [0.15, 0.2) is 12.1 Å². The van der Waals surface area contributed by atoms with Crippen molar-refractivity contribution in [1.29, 1.82) is 0 Å². The van der Waals surface area contributed by atoms with Crippen LogP contribution in [0.2, 0.25) is 5.15 Å². The Hall–Kier alpha value is -2.15. The lowest BCUT2D eigenvalue weighted by atomic mass is 10.1. The Morgan fingerprint density at radius 3 is 2.77 bits per heavy atom. The number of hydrogen-bond donors (Lipinski definition) is 0. The van der Waals surface area contributed by atoms with Crippen LogP contribution < -0.4 is 4.90 Å². The number of aryl methyl sites for hydroxylation is 2. The zero-order valence-corrected chi connectivity index (χ0v) is 16.4. The summed E-state index contributed by atoms with van der Waals surface area (Å²) >= 11 is 6.74. The molecule has 1 aliphatic heterocycles. The van der Waals surface area contributed by atoms with E-state index in [4.69, 9.17) is 21.8 Å². The van der Waals surface area contributed by atoms with E-state index in [1.54, 1.807) is 4.52 Å². The number of anilines is 1. The topological polar surface area (TPSA) is 64.1 Å². The van der Waals surface area contributed by atoms with Crippen LogP contribution in [-0.4, -0.2) is 36.1 Å². The molecule has 1 atom stereocenters. The molecule has 3 aromatic rings. The van der Waals surface area contributed by atoms with Crippen LogP contribution in [-0.2, 0) is 6.54 Å². The van der Waals surface area contributed by atoms with E-state index in [1.165, 1.54) is 0 Å². The summed E-state index contributed by atoms with van der Waals surface area (Å²) in [5.74, 6) is 2.21. The molecular weight excluding hydrogens is 350 g/mol. The van der Waals surface area contributed by atoms with Crippen LogP contribution in [0, 0.1) is 19.8 Å². The van der Waals surface area contributed by atoms with Crippen molar-refractivity contribution in [2.24, 2.45) is 5.92 Å². The molecule has 138 valence electrons. The lowest BCUT2D eigenvalue weighted by Gasteiger charge is -2.26. The Morgan fingerprint density at radius 2 is 2.00 bits per heavy atom. The van der Waals surface area contributed by atoms with Crippen LogP contribution >= 0.6 is 11.6 Å². The number of hydrogen-bond acceptors (Lipinski definition) is 5. The van der Waals surface area contributed by atoms with Crippen molar-refractivity contribution >= 4 is 23.1 Å². The lowest BCUT2D eigenvalue weighted by molar-refractivity contribution is 0.481. The number of halogens is 1. The highest BCUT2D eigenvalue weighted by molar-refractivity contribution is 6.30. The molecule has 4 rings (SSSR count). The molecule has 0 N–H and O–H groups in total. The smallest absolute Gasteiger partial charge is 0.178 e. The number of aromatic nitrogens is 6. The molecule has 0 spiro atoms. The molecule has 1 unspecified atom stereocenters. The predicted molar refractivity (Wildman–Crippen MR) is 102 cm³/mol. The van der Waals surface area contributed by atoms with Crippen molar-refractivity contribution in [2.45, 2.75) is 53.1 Å². The van der Waals surface area contributed by atoms with Gasteiger partial charge in [-0.1, -0.05) is 25.4 Å². The second kappa shape index (κ2) is 6.54. The molecule has 0 aromatic carbocycles. The monoisotopic (exact) mass is 373 g/mol. The minimum absolute atomic E-state index is 0.199. The molecule has 0 radical (unpaired) electrons. The highest BCUT2D eigenvalue weighted by atomic mass is 35.5. The maximum absolute atomic E-state index is 6.74. The van der Waals surface area contributed by atoms with Gasteiger partial charge in [0, 0.05) is 18.7 Å². The zero-order chi connectivity index (χ0) is 18.4. The zero-order valence-electron chi connectivity index (χ0n) is 15.6. The number of fused-ring (bicyclic) bond motifs is 1. The van der Waals surface area contributed by atoms with Gasteiger partial charge in [0.1, 0.15) is 11.0 Å². The molecule has 0 aliphatic carbocycles. The Labute approximate surface area is 158 Å². The van der Waals surface area contributed by atoms with E-state index in [2.05, 4.69) is 35.9 Å². The molecule has 8 heteroatoms. The normalized spacial score (nSPS) is 17.8. The van der Waals surface area contributed by atoms with Crippen LogP contribution in [0.3, 0.4) is 0 Å². The standard InChI is InChI=1S/C18H24ClN7/c1-11(2)10-25-18(19)17(12(3)22-25)14-6-5-9-24(14)16-8-7-15-21-20-13(4)26(15)23-16/h7-8,11,14H,5-6,9-10H2,1-4H3. The third kappa shape index (κ3) is 2.84. The summed E-state index contributed by atoms with van der Waals surface area (Å²) in [6, 6.07) is 4.18. The molecule has 0 bridgehead atoms. The second-order valence-corrected chi connectivity index (χ2v) is 7.78. The molecule has 0 amide bonds. The van der Waals surface area contributed by atoms with Crippen molar-refractivity contribution in [3.63, 3.8) is 0 Å². The quantitative estimate of drug-likeness (QED) is 0.699. The highest BCUT2D eigenvalue weighted by Gasteiger charge is 2.32. The van der Waals surface area contributed by atoms with Crippen LogP contribution in [0.1, 0.15) is 49.8 Å². The summed E-state index contributed by atoms with van der Waals surface area (Å²) in [6.07, 6.45) is 2.16. The summed E-state index contributed by atoms with van der Waals surface area (Å²) in [4.78, 5) is 2.33. The van der Waals surface area contributed by atoms with Gasteiger partial charge in [0.25, 0.3) is 0 Å². The summed E-state index contributed by atoms with van der Waals surface area (Å²) in [6.45, 7) is 10.1. The van der Waals surface area contributed by atoms with E-state index < -0.39 is 0 Å². The first-order valence-electron chi connectivity index (χ1n) is 9.14. The van der Waals surface area contributed by atoms with Gasteiger partial charge in [-0.3, -0.25) is 4.68 Å². The van der Waals surface area contributed by atoms with E-state index in [0.717, 1.165) is 59.6 Å². The van der Waals surface area contributed by atoms with Gasteiger partial charge in [0.15, 0.2) is 11.5 Å². The van der Waals surface area contributed by atoms with E-state index in [-0.39, 0.29) is 6.04 Å². The third-order valence-electron chi connectivity index (χ3n) is 4.93. The maximum Gasteiger partial charge on any atom is 0.178 e. The maximum atomic E-state index is 6.74. The Balaban J connectivity index is 1.72. The number of rotatable bonds is 4. The van der Waals surface area contributed by atoms with Gasteiger partial charge >= 0.3 is 0 Å². The SMILES string of the molecule is Cc1nn(CC(C)C)c(Cl)c1C1CCCN1c1ccc2nnc(C)n2n1. The van der Waals surface area contributed by atoms with Gasteiger partial charge in [0.2, 0.25) is 0 Å². The average Bonchev–Trinajstić information content (AvgIpc) is 3.27. The van der Waals surface area contributed by atoms with Gasteiger partial charge in [-0.25, -0.2) is 0 Å².